The Morgan fingerprint density at radius 2 is 1.80 bits per heavy atom. The van der Waals surface area contributed by atoms with E-state index in [1.807, 2.05) is 42.5 Å². The van der Waals surface area contributed by atoms with Crippen LogP contribution in [-0.2, 0) is 4.74 Å². The maximum absolute atomic E-state index is 12.1. The van der Waals surface area contributed by atoms with Gasteiger partial charge in [-0.2, -0.15) is 0 Å². The second kappa shape index (κ2) is 9.08. The molecule has 1 amide bonds. The summed E-state index contributed by atoms with van der Waals surface area (Å²) < 4.78 is 16.8. The maximum Gasteiger partial charge on any atom is 0.251 e. The van der Waals surface area contributed by atoms with Crippen LogP contribution in [0.15, 0.2) is 54.6 Å². The maximum atomic E-state index is 12.1. The van der Waals surface area contributed by atoms with E-state index >= 15 is 0 Å². The molecule has 1 aliphatic rings. The van der Waals surface area contributed by atoms with E-state index in [-0.39, 0.29) is 12.0 Å². The minimum Gasteiger partial charge on any atom is -0.492 e. The van der Waals surface area contributed by atoms with Crippen LogP contribution in [0.4, 0.5) is 0 Å². The van der Waals surface area contributed by atoms with Crippen molar-refractivity contribution in [3.63, 3.8) is 0 Å². The topological polar surface area (TPSA) is 56.8 Å². The highest BCUT2D eigenvalue weighted by Crippen LogP contribution is 2.16. The molecule has 0 bridgehead atoms. The molecule has 1 fully saturated rings. The Bertz CT molecular complexity index is 651. The summed E-state index contributed by atoms with van der Waals surface area (Å²) in [5, 5.41) is 2.84. The molecule has 3 rings (SSSR count). The summed E-state index contributed by atoms with van der Waals surface area (Å²) in [4.78, 5) is 12.1. The third-order valence-electron chi connectivity index (χ3n) is 3.98. The summed E-state index contributed by atoms with van der Waals surface area (Å²) in [6, 6.07) is 16.7. The number of rotatable bonds is 8. The molecule has 1 atom stereocenters. The molecule has 5 nitrogen and oxygen atoms in total. The van der Waals surface area contributed by atoms with Crippen LogP contribution in [0.3, 0.4) is 0 Å². The number of amides is 1. The van der Waals surface area contributed by atoms with Gasteiger partial charge in [-0.05, 0) is 49.2 Å². The first-order valence-electron chi connectivity index (χ1n) is 8.62. The molecular formula is C20H23NO4. The predicted octanol–water partition coefficient (Wildman–Crippen LogP) is 3.05. The lowest BCUT2D eigenvalue weighted by atomic mass is 10.2. The highest BCUT2D eigenvalue weighted by Gasteiger charge is 2.16. The van der Waals surface area contributed by atoms with Crippen molar-refractivity contribution in [2.45, 2.75) is 18.9 Å². The van der Waals surface area contributed by atoms with Gasteiger partial charge in [0.1, 0.15) is 24.7 Å². The molecule has 0 saturated carbocycles. The fourth-order valence-electron chi connectivity index (χ4n) is 2.62. The highest BCUT2D eigenvalue weighted by atomic mass is 16.5. The minimum absolute atomic E-state index is 0.123. The molecule has 1 unspecified atom stereocenters. The zero-order valence-corrected chi connectivity index (χ0v) is 14.1. The zero-order valence-electron chi connectivity index (χ0n) is 14.1. The summed E-state index contributed by atoms with van der Waals surface area (Å²) in [5.74, 6) is 1.42. The van der Waals surface area contributed by atoms with Gasteiger partial charge < -0.3 is 19.5 Å². The fraction of sp³-hybridized carbons (Fsp3) is 0.350. The van der Waals surface area contributed by atoms with E-state index in [1.54, 1.807) is 12.1 Å². The van der Waals surface area contributed by atoms with Gasteiger partial charge in [-0.15, -0.1) is 0 Å². The first-order chi connectivity index (χ1) is 12.3. The molecule has 2 aromatic rings. The van der Waals surface area contributed by atoms with Crippen molar-refractivity contribution in [3.05, 3.63) is 60.2 Å². The number of benzene rings is 2. The van der Waals surface area contributed by atoms with E-state index in [4.69, 9.17) is 14.2 Å². The quantitative estimate of drug-likeness (QED) is 0.750. The second-order valence-corrected chi connectivity index (χ2v) is 5.89. The number of carbonyl (C=O) groups is 1. The molecule has 0 aromatic heterocycles. The van der Waals surface area contributed by atoms with Crippen LogP contribution in [0.5, 0.6) is 11.5 Å². The first kappa shape index (κ1) is 17.3. The van der Waals surface area contributed by atoms with Crippen LogP contribution >= 0.6 is 0 Å². The zero-order chi connectivity index (χ0) is 17.3. The monoisotopic (exact) mass is 341 g/mol. The Labute approximate surface area is 147 Å². The molecule has 2 aromatic carbocycles. The summed E-state index contributed by atoms with van der Waals surface area (Å²) in [5.41, 5.74) is 0.601. The lowest BCUT2D eigenvalue weighted by Gasteiger charge is -2.12. The Hall–Kier alpha value is -2.53. The van der Waals surface area contributed by atoms with Crippen LogP contribution < -0.4 is 14.8 Å². The van der Waals surface area contributed by atoms with Crippen LogP contribution in [0.25, 0.3) is 0 Å². The number of hydrogen-bond acceptors (Lipinski definition) is 4. The number of para-hydroxylation sites is 1. The van der Waals surface area contributed by atoms with Crippen LogP contribution in [0.1, 0.15) is 23.2 Å². The van der Waals surface area contributed by atoms with E-state index < -0.39 is 0 Å². The first-order valence-corrected chi connectivity index (χ1v) is 8.62. The van der Waals surface area contributed by atoms with Crippen molar-refractivity contribution in [1.82, 2.24) is 5.32 Å². The normalized spacial score (nSPS) is 16.4. The lowest BCUT2D eigenvalue weighted by molar-refractivity contribution is 0.0679. The van der Waals surface area contributed by atoms with Crippen LogP contribution in [0.2, 0.25) is 0 Å². The number of hydrogen-bond donors (Lipinski definition) is 1. The number of carbonyl (C=O) groups excluding carboxylic acids is 1. The van der Waals surface area contributed by atoms with Crippen molar-refractivity contribution >= 4 is 5.91 Å². The van der Waals surface area contributed by atoms with Gasteiger partial charge in [0, 0.05) is 12.2 Å². The Morgan fingerprint density at radius 3 is 2.52 bits per heavy atom. The molecular weight excluding hydrogens is 318 g/mol. The summed E-state index contributed by atoms with van der Waals surface area (Å²) in [7, 11) is 0. The number of nitrogens with one attached hydrogen (secondary N) is 1. The van der Waals surface area contributed by atoms with Gasteiger partial charge in [0.15, 0.2) is 0 Å². The summed E-state index contributed by atoms with van der Waals surface area (Å²) >= 11 is 0. The third kappa shape index (κ3) is 5.50. The molecule has 1 aliphatic heterocycles. The summed E-state index contributed by atoms with van der Waals surface area (Å²) in [6.45, 7) is 2.26. The average molecular weight is 341 g/mol. The molecule has 5 heteroatoms. The van der Waals surface area contributed by atoms with E-state index in [9.17, 15) is 4.79 Å². The van der Waals surface area contributed by atoms with E-state index in [1.165, 1.54) is 0 Å². The standard InChI is InChI=1S/C20H23NO4/c22-20(21-12-14-24-17-5-2-1-3-6-17)16-8-10-18(11-9-16)25-15-19-7-4-13-23-19/h1-3,5-6,8-11,19H,4,7,12-15H2,(H,21,22). The lowest BCUT2D eigenvalue weighted by Crippen LogP contribution is -2.28. The second-order valence-electron chi connectivity index (χ2n) is 5.89. The van der Waals surface area contributed by atoms with Gasteiger partial charge in [-0.3, -0.25) is 4.79 Å². The molecule has 0 spiro atoms. The van der Waals surface area contributed by atoms with Crippen molar-refractivity contribution in [2.75, 3.05) is 26.4 Å². The van der Waals surface area contributed by atoms with E-state index in [2.05, 4.69) is 5.32 Å². The summed E-state index contributed by atoms with van der Waals surface area (Å²) in [6.07, 6.45) is 2.33. The average Bonchev–Trinajstić information content (AvgIpc) is 3.18. The van der Waals surface area contributed by atoms with E-state index in [0.717, 1.165) is 30.9 Å². The van der Waals surface area contributed by atoms with Gasteiger partial charge >= 0.3 is 0 Å². The predicted molar refractivity (Wildman–Crippen MR) is 95.2 cm³/mol. The van der Waals surface area contributed by atoms with Gasteiger partial charge in [0.05, 0.1) is 12.6 Å². The Kier molecular flexibility index (Phi) is 6.29. The largest absolute Gasteiger partial charge is 0.492 e. The molecule has 1 saturated heterocycles. The van der Waals surface area contributed by atoms with Gasteiger partial charge in [-0.1, -0.05) is 18.2 Å². The Morgan fingerprint density at radius 1 is 1.04 bits per heavy atom. The van der Waals surface area contributed by atoms with Gasteiger partial charge in [-0.25, -0.2) is 0 Å². The van der Waals surface area contributed by atoms with Crippen molar-refractivity contribution in [1.29, 1.82) is 0 Å². The number of ether oxygens (including phenoxy) is 3. The molecule has 0 aliphatic carbocycles. The minimum atomic E-state index is -0.123. The molecule has 1 heterocycles. The van der Waals surface area contributed by atoms with Gasteiger partial charge in [0.25, 0.3) is 5.91 Å². The van der Waals surface area contributed by atoms with Crippen molar-refractivity contribution < 1.29 is 19.0 Å². The van der Waals surface area contributed by atoms with E-state index in [0.29, 0.717) is 25.3 Å². The Balaban J connectivity index is 1.38. The third-order valence-corrected chi connectivity index (χ3v) is 3.98. The molecule has 132 valence electrons. The van der Waals surface area contributed by atoms with Crippen molar-refractivity contribution in [3.8, 4) is 11.5 Å². The van der Waals surface area contributed by atoms with Gasteiger partial charge in [0.2, 0.25) is 0 Å². The smallest absolute Gasteiger partial charge is 0.251 e. The molecule has 25 heavy (non-hydrogen) atoms. The van der Waals surface area contributed by atoms with Crippen LogP contribution in [-0.4, -0.2) is 38.4 Å². The molecule has 0 radical (unpaired) electrons. The van der Waals surface area contributed by atoms with Crippen LogP contribution in [0, 0.1) is 0 Å². The van der Waals surface area contributed by atoms with Crippen molar-refractivity contribution in [2.24, 2.45) is 0 Å². The highest BCUT2D eigenvalue weighted by molar-refractivity contribution is 5.94. The fourth-order valence-corrected chi connectivity index (χ4v) is 2.62. The molecule has 1 N–H and O–H groups in total. The SMILES string of the molecule is O=C(NCCOc1ccccc1)c1ccc(OCC2CCCO2)cc1.